The number of nitrogens with one attached hydrogen (secondary N) is 1. The van der Waals surface area contributed by atoms with Crippen LogP contribution < -0.4 is 10.5 Å². The van der Waals surface area contributed by atoms with E-state index in [0.29, 0.717) is 5.52 Å². The van der Waals surface area contributed by atoms with Crippen molar-refractivity contribution in [3.05, 3.63) is 47.0 Å². The number of pyridine rings is 1. The molecule has 0 bridgehead atoms. The number of aromatic amines is 1. The van der Waals surface area contributed by atoms with Gasteiger partial charge in [-0.1, -0.05) is 6.92 Å². The van der Waals surface area contributed by atoms with E-state index in [2.05, 4.69) is 35.0 Å². The topological polar surface area (TPSA) is 41.0 Å². The van der Waals surface area contributed by atoms with E-state index >= 15 is 0 Å². The number of thioether (sulfide) groups is 1. The smallest absolute Gasteiger partial charge is 0.274 e. The van der Waals surface area contributed by atoms with Crippen molar-refractivity contribution in [3.63, 3.8) is 0 Å². The van der Waals surface area contributed by atoms with Crippen molar-refractivity contribution >= 4 is 28.4 Å². The van der Waals surface area contributed by atoms with E-state index in [4.69, 9.17) is 0 Å². The van der Waals surface area contributed by atoms with Crippen LogP contribution in [0.3, 0.4) is 0 Å². The third-order valence-corrected chi connectivity index (χ3v) is 6.04. The zero-order chi connectivity index (χ0) is 18.1. The molecule has 0 spiro atoms. The minimum absolute atomic E-state index is 0.0207. The van der Waals surface area contributed by atoms with E-state index < -0.39 is 0 Å². The first-order chi connectivity index (χ1) is 12.7. The summed E-state index contributed by atoms with van der Waals surface area (Å²) in [6.45, 7) is 4.39. The van der Waals surface area contributed by atoms with E-state index in [1.165, 1.54) is 35.4 Å². The van der Waals surface area contributed by atoms with Gasteiger partial charge in [0.05, 0.1) is 0 Å². The standard InChI is InChI=1S/C21H25N3OS/c1-3-26-15-7-8-19(24-11-5-4-6-12-24)17(13-15)18-14-23(2)21(25)20-16(18)9-10-22-20/h7-10,13-14,22H,3-6,11-12H2,1-2H3. The van der Waals surface area contributed by atoms with Crippen molar-refractivity contribution in [1.29, 1.82) is 0 Å². The Balaban J connectivity index is 1.94. The van der Waals surface area contributed by atoms with Crippen LogP contribution in [0.25, 0.3) is 22.0 Å². The molecule has 1 saturated heterocycles. The normalized spacial score (nSPS) is 14.9. The number of nitrogens with zero attached hydrogens (tertiary/aromatic N) is 2. The molecule has 0 aliphatic carbocycles. The highest BCUT2D eigenvalue weighted by atomic mass is 32.2. The lowest BCUT2D eigenvalue weighted by atomic mass is 9.99. The molecule has 0 amide bonds. The summed E-state index contributed by atoms with van der Waals surface area (Å²) in [7, 11) is 1.83. The summed E-state index contributed by atoms with van der Waals surface area (Å²) in [6.07, 6.45) is 7.66. The summed E-state index contributed by atoms with van der Waals surface area (Å²) in [4.78, 5) is 19.4. The Morgan fingerprint density at radius 1 is 1.12 bits per heavy atom. The molecule has 3 heterocycles. The lowest BCUT2D eigenvalue weighted by Crippen LogP contribution is -2.29. The van der Waals surface area contributed by atoms with Gasteiger partial charge in [0.2, 0.25) is 0 Å². The molecule has 0 radical (unpaired) electrons. The molecule has 1 aliphatic rings. The average molecular weight is 368 g/mol. The second-order valence-electron chi connectivity index (χ2n) is 6.88. The second kappa shape index (κ2) is 7.23. The van der Waals surface area contributed by atoms with Crippen LogP contribution in [-0.4, -0.2) is 28.4 Å². The number of rotatable bonds is 4. The minimum Gasteiger partial charge on any atom is -0.371 e. The first-order valence-electron chi connectivity index (χ1n) is 9.38. The summed E-state index contributed by atoms with van der Waals surface area (Å²) in [5, 5.41) is 1.00. The first kappa shape index (κ1) is 17.3. The predicted octanol–water partition coefficient (Wildman–Crippen LogP) is 4.64. The van der Waals surface area contributed by atoms with Crippen molar-refractivity contribution in [2.45, 2.75) is 31.1 Å². The SMILES string of the molecule is CCSc1ccc(N2CCCCC2)c(-c2cn(C)c(=O)c3[nH]ccc23)c1. The van der Waals surface area contributed by atoms with Crippen LogP contribution in [0, 0.1) is 0 Å². The maximum atomic E-state index is 12.4. The number of fused-ring (bicyclic) bond motifs is 1. The summed E-state index contributed by atoms with van der Waals surface area (Å²) < 4.78 is 1.69. The molecule has 2 aromatic heterocycles. The summed E-state index contributed by atoms with van der Waals surface area (Å²) >= 11 is 1.86. The van der Waals surface area contributed by atoms with Gasteiger partial charge in [-0.15, -0.1) is 11.8 Å². The van der Waals surface area contributed by atoms with Gasteiger partial charge in [0.15, 0.2) is 0 Å². The van der Waals surface area contributed by atoms with Crippen LogP contribution in [0.1, 0.15) is 26.2 Å². The van der Waals surface area contributed by atoms with Gasteiger partial charge in [-0.2, -0.15) is 0 Å². The van der Waals surface area contributed by atoms with Crippen molar-refractivity contribution in [1.82, 2.24) is 9.55 Å². The summed E-state index contributed by atoms with van der Waals surface area (Å²) in [5.41, 5.74) is 4.34. The molecule has 0 atom stereocenters. The number of benzene rings is 1. The van der Waals surface area contributed by atoms with Gasteiger partial charge in [0.1, 0.15) is 5.52 Å². The van der Waals surface area contributed by atoms with Gasteiger partial charge in [-0.25, -0.2) is 0 Å². The van der Waals surface area contributed by atoms with Crippen LogP contribution in [0.15, 0.2) is 46.3 Å². The fourth-order valence-corrected chi connectivity index (χ4v) is 4.58. The molecule has 1 N–H and O–H groups in total. The average Bonchev–Trinajstić information content (AvgIpc) is 3.16. The highest BCUT2D eigenvalue weighted by molar-refractivity contribution is 7.99. The zero-order valence-corrected chi connectivity index (χ0v) is 16.2. The highest BCUT2D eigenvalue weighted by Crippen LogP contribution is 2.38. The van der Waals surface area contributed by atoms with Crippen LogP contribution in [-0.2, 0) is 7.05 Å². The highest BCUT2D eigenvalue weighted by Gasteiger charge is 2.19. The number of hydrogen-bond acceptors (Lipinski definition) is 3. The van der Waals surface area contributed by atoms with Gasteiger partial charge in [0.25, 0.3) is 5.56 Å². The Morgan fingerprint density at radius 2 is 1.92 bits per heavy atom. The van der Waals surface area contributed by atoms with E-state index in [9.17, 15) is 4.79 Å². The van der Waals surface area contributed by atoms with Crippen LogP contribution >= 0.6 is 11.8 Å². The van der Waals surface area contributed by atoms with E-state index in [0.717, 1.165) is 29.8 Å². The summed E-state index contributed by atoms with van der Waals surface area (Å²) in [6, 6.07) is 8.82. The fourth-order valence-electron chi connectivity index (χ4n) is 3.88. The summed E-state index contributed by atoms with van der Waals surface area (Å²) in [5.74, 6) is 1.05. The van der Waals surface area contributed by atoms with Crippen molar-refractivity contribution in [2.24, 2.45) is 7.05 Å². The second-order valence-corrected chi connectivity index (χ2v) is 8.22. The molecule has 26 heavy (non-hydrogen) atoms. The monoisotopic (exact) mass is 367 g/mol. The molecule has 3 aromatic rings. The number of aryl methyl sites for hydroxylation is 1. The number of piperidine rings is 1. The molecule has 1 aromatic carbocycles. The largest absolute Gasteiger partial charge is 0.371 e. The van der Waals surface area contributed by atoms with Crippen molar-refractivity contribution in [2.75, 3.05) is 23.7 Å². The van der Waals surface area contributed by atoms with Crippen LogP contribution in [0.4, 0.5) is 5.69 Å². The quantitative estimate of drug-likeness (QED) is 0.683. The Kier molecular flexibility index (Phi) is 4.81. The maximum absolute atomic E-state index is 12.4. The van der Waals surface area contributed by atoms with Crippen LogP contribution in [0.5, 0.6) is 0 Å². The lowest BCUT2D eigenvalue weighted by Gasteiger charge is -2.31. The maximum Gasteiger partial charge on any atom is 0.274 e. The van der Waals surface area contributed by atoms with E-state index in [-0.39, 0.29) is 5.56 Å². The Bertz CT molecular complexity index is 983. The molecular weight excluding hydrogens is 342 g/mol. The lowest BCUT2D eigenvalue weighted by molar-refractivity contribution is 0.578. The molecule has 4 rings (SSSR count). The predicted molar refractivity (Wildman–Crippen MR) is 111 cm³/mol. The Morgan fingerprint density at radius 3 is 2.69 bits per heavy atom. The third kappa shape index (κ3) is 3.05. The number of anilines is 1. The Labute approximate surface area is 158 Å². The zero-order valence-electron chi connectivity index (χ0n) is 15.4. The minimum atomic E-state index is 0.0207. The first-order valence-corrected chi connectivity index (χ1v) is 10.4. The van der Waals surface area contributed by atoms with Gasteiger partial charge in [0, 0.05) is 59.6 Å². The molecule has 1 aliphatic heterocycles. The third-order valence-electron chi connectivity index (χ3n) is 5.16. The molecular formula is C21H25N3OS. The van der Waals surface area contributed by atoms with Crippen LogP contribution in [0.2, 0.25) is 0 Å². The molecule has 4 nitrogen and oxygen atoms in total. The molecule has 1 fully saturated rings. The number of hydrogen-bond donors (Lipinski definition) is 1. The number of H-pyrrole nitrogens is 1. The fraction of sp³-hybridized carbons (Fsp3) is 0.381. The molecule has 5 heteroatoms. The van der Waals surface area contributed by atoms with Gasteiger partial charge in [-0.05, 0) is 49.3 Å². The molecule has 0 unspecified atom stereocenters. The Hall–Kier alpha value is -2.14. The molecule has 0 saturated carbocycles. The van der Waals surface area contributed by atoms with Gasteiger partial charge >= 0.3 is 0 Å². The molecule has 136 valence electrons. The van der Waals surface area contributed by atoms with E-state index in [1.807, 2.05) is 37.3 Å². The van der Waals surface area contributed by atoms with Crippen molar-refractivity contribution < 1.29 is 0 Å². The van der Waals surface area contributed by atoms with Crippen molar-refractivity contribution in [3.8, 4) is 11.1 Å². The van der Waals surface area contributed by atoms with Gasteiger partial charge in [-0.3, -0.25) is 4.79 Å². The number of aromatic nitrogens is 2. The van der Waals surface area contributed by atoms with Gasteiger partial charge < -0.3 is 14.5 Å². The van der Waals surface area contributed by atoms with E-state index in [1.54, 1.807) is 4.57 Å².